The van der Waals surface area contributed by atoms with Crippen LogP contribution in [0.5, 0.6) is 0 Å². The number of fused-ring (bicyclic) bond motifs is 1. The molecule has 0 radical (unpaired) electrons. The zero-order valence-corrected chi connectivity index (χ0v) is 16.0. The van der Waals surface area contributed by atoms with E-state index in [1.807, 2.05) is 80.6 Å². The lowest BCUT2D eigenvalue weighted by molar-refractivity contribution is -0.124. The Morgan fingerprint density at radius 2 is 1.54 bits per heavy atom. The number of rotatable bonds is 6. The molecule has 0 saturated heterocycles. The van der Waals surface area contributed by atoms with Crippen molar-refractivity contribution in [3.05, 3.63) is 77.9 Å². The van der Waals surface area contributed by atoms with E-state index in [0.29, 0.717) is 5.71 Å². The van der Waals surface area contributed by atoms with Crippen molar-refractivity contribution in [1.29, 1.82) is 0 Å². The highest BCUT2D eigenvalue weighted by molar-refractivity contribution is 6.03. The molecule has 0 unspecified atom stereocenters. The van der Waals surface area contributed by atoms with Crippen molar-refractivity contribution in [3.63, 3.8) is 0 Å². The lowest BCUT2D eigenvalue weighted by Crippen LogP contribution is -2.21. The van der Waals surface area contributed by atoms with E-state index < -0.39 is 0 Å². The van der Waals surface area contributed by atoms with E-state index in [-0.39, 0.29) is 24.7 Å². The van der Waals surface area contributed by atoms with E-state index in [4.69, 9.17) is 0 Å². The normalized spacial score (nSPS) is 11.3. The van der Waals surface area contributed by atoms with Gasteiger partial charge in [-0.25, -0.2) is 5.43 Å². The quantitative estimate of drug-likeness (QED) is 0.496. The molecule has 0 saturated carbocycles. The zero-order valence-electron chi connectivity index (χ0n) is 16.0. The van der Waals surface area contributed by atoms with E-state index in [9.17, 15) is 9.59 Å². The summed E-state index contributed by atoms with van der Waals surface area (Å²) in [6.45, 7) is 3.85. The first-order valence-corrected chi connectivity index (χ1v) is 9.21. The number of hydrazone groups is 1. The molecule has 0 aliphatic heterocycles. The van der Waals surface area contributed by atoms with Crippen LogP contribution >= 0.6 is 0 Å². The fourth-order valence-electron chi connectivity index (χ4n) is 2.84. The maximum Gasteiger partial charge on any atom is 0.240 e. The molecule has 3 rings (SSSR count). The molecule has 3 aromatic rings. The van der Waals surface area contributed by atoms with Crippen LogP contribution in [0.4, 0.5) is 5.69 Å². The van der Waals surface area contributed by atoms with E-state index in [1.54, 1.807) is 0 Å². The van der Waals surface area contributed by atoms with Gasteiger partial charge in [-0.05, 0) is 30.9 Å². The minimum absolute atomic E-state index is 0.0707. The summed E-state index contributed by atoms with van der Waals surface area (Å²) in [4.78, 5) is 24.2. The molecule has 0 bridgehead atoms. The monoisotopic (exact) mass is 373 g/mol. The van der Waals surface area contributed by atoms with Crippen LogP contribution in [-0.4, -0.2) is 17.5 Å². The van der Waals surface area contributed by atoms with Crippen molar-refractivity contribution in [2.75, 3.05) is 5.32 Å². The minimum atomic E-state index is -0.292. The first kappa shape index (κ1) is 19.3. The number of amides is 2. The topological polar surface area (TPSA) is 70.6 Å². The van der Waals surface area contributed by atoms with E-state index in [1.165, 1.54) is 0 Å². The minimum Gasteiger partial charge on any atom is -0.326 e. The molecule has 0 aliphatic rings. The molecule has 0 fully saturated rings. The predicted molar refractivity (Wildman–Crippen MR) is 113 cm³/mol. The Labute approximate surface area is 164 Å². The second-order valence-electron chi connectivity index (χ2n) is 6.67. The third kappa shape index (κ3) is 5.04. The summed E-state index contributed by atoms with van der Waals surface area (Å²) >= 11 is 0. The van der Waals surface area contributed by atoms with Gasteiger partial charge in [-0.2, -0.15) is 5.10 Å². The predicted octanol–water partition coefficient (Wildman–Crippen LogP) is 4.41. The highest BCUT2D eigenvalue weighted by Gasteiger charge is 2.09. The number of hydrogen-bond donors (Lipinski definition) is 2. The Bertz CT molecular complexity index is 1020. The Morgan fingerprint density at radius 1 is 0.857 bits per heavy atom. The Morgan fingerprint density at radius 3 is 2.32 bits per heavy atom. The van der Waals surface area contributed by atoms with Crippen LogP contribution < -0.4 is 10.7 Å². The van der Waals surface area contributed by atoms with Crippen molar-refractivity contribution in [2.24, 2.45) is 5.10 Å². The van der Waals surface area contributed by atoms with Crippen LogP contribution in [0.3, 0.4) is 0 Å². The van der Waals surface area contributed by atoms with Crippen LogP contribution in [-0.2, 0) is 9.59 Å². The third-order valence-corrected chi connectivity index (χ3v) is 4.46. The van der Waals surface area contributed by atoms with Gasteiger partial charge in [0, 0.05) is 23.9 Å². The number of carbonyl (C=O) groups excluding carboxylic acids is 2. The highest BCUT2D eigenvalue weighted by atomic mass is 16.2. The summed E-state index contributed by atoms with van der Waals surface area (Å²) in [7, 11) is 0. The smallest absolute Gasteiger partial charge is 0.240 e. The number of aryl methyl sites for hydroxylation is 1. The van der Waals surface area contributed by atoms with Gasteiger partial charge in [0.1, 0.15) is 0 Å². The standard InChI is InChI=1S/C23H23N3O2/c1-16-10-12-18(13-11-16)17(2)25-26-23(28)15-14-22(27)24-21-9-5-7-19-6-3-4-8-20(19)21/h3-13H,14-15H2,1-2H3,(H,24,27)(H,26,28)/b25-17-. The fraction of sp³-hybridized carbons (Fsp3) is 0.174. The number of nitrogens with zero attached hydrogens (tertiary/aromatic N) is 1. The van der Waals surface area contributed by atoms with Gasteiger partial charge in [0.15, 0.2) is 0 Å². The largest absolute Gasteiger partial charge is 0.326 e. The molecular weight excluding hydrogens is 350 g/mol. The van der Waals surface area contributed by atoms with Crippen LogP contribution in [0.1, 0.15) is 30.9 Å². The van der Waals surface area contributed by atoms with Gasteiger partial charge in [0.05, 0.1) is 5.71 Å². The maximum atomic E-state index is 12.2. The molecule has 0 aliphatic carbocycles. The third-order valence-electron chi connectivity index (χ3n) is 4.46. The molecule has 5 heteroatoms. The first-order valence-electron chi connectivity index (χ1n) is 9.21. The van der Waals surface area contributed by atoms with Gasteiger partial charge >= 0.3 is 0 Å². The second-order valence-corrected chi connectivity index (χ2v) is 6.67. The van der Waals surface area contributed by atoms with Crippen molar-refractivity contribution >= 4 is 34.0 Å². The molecule has 142 valence electrons. The molecule has 0 spiro atoms. The molecule has 2 N–H and O–H groups in total. The summed E-state index contributed by atoms with van der Waals surface area (Å²) in [6, 6.07) is 21.5. The van der Waals surface area contributed by atoms with Gasteiger partial charge in [-0.1, -0.05) is 66.2 Å². The Hall–Kier alpha value is -3.47. The Balaban J connectivity index is 1.52. The van der Waals surface area contributed by atoms with Gasteiger partial charge in [0.2, 0.25) is 11.8 Å². The number of nitrogens with one attached hydrogen (secondary N) is 2. The molecular formula is C23H23N3O2. The summed E-state index contributed by atoms with van der Waals surface area (Å²) in [5.41, 5.74) is 6.09. The van der Waals surface area contributed by atoms with Gasteiger partial charge in [-0.15, -0.1) is 0 Å². The summed E-state index contributed by atoms with van der Waals surface area (Å²) in [5, 5.41) is 9.02. The number of benzene rings is 3. The van der Waals surface area contributed by atoms with Crippen LogP contribution in [0, 0.1) is 6.92 Å². The number of hydrogen-bond acceptors (Lipinski definition) is 3. The molecule has 28 heavy (non-hydrogen) atoms. The summed E-state index contributed by atoms with van der Waals surface area (Å²) < 4.78 is 0. The lowest BCUT2D eigenvalue weighted by Gasteiger charge is -2.08. The molecule has 0 atom stereocenters. The average molecular weight is 373 g/mol. The fourth-order valence-corrected chi connectivity index (χ4v) is 2.84. The van der Waals surface area contributed by atoms with Gasteiger partial charge < -0.3 is 5.32 Å². The average Bonchev–Trinajstić information content (AvgIpc) is 2.71. The van der Waals surface area contributed by atoms with E-state index in [0.717, 1.165) is 27.6 Å². The molecule has 0 heterocycles. The lowest BCUT2D eigenvalue weighted by atomic mass is 10.1. The van der Waals surface area contributed by atoms with Crippen molar-refractivity contribution in [1.82, 2.24) is 5.43 Å². The highest BCUT2D eigenvalue weighted by Crippen LogP contribution is 2.23. The van der Waals surface area contributed by atoms with Crippen LogP contribution in [0.15, 0.2) is 71.8 Å². The number of anilines is 1. The van der Waals surface area contributed by atoms with E-state index in [2.05, 4.69) is 15.8 Å². The SMILES string of the molecule is C/C(=N/NC(=O)CCC(=O)Nc1cccc2ccccc12)c1ccc(C)cc1. The maximum absolute atomic E-state index is 12.2. The van der Waals surface area contributed by atoms with Crippen molar-refractivity contribution < 1.29 is 9.59 Å². The van der Waals surface area contributed by atoms with Gasteiger partial charge in [0.25, 0.3) is 0 Å². The zero-order chi connectivity index (χ0) is 19.9. The van der Waals surface area contributed by atoms with Crippen LogP contribution in [0.25, 0.3) is 10.8 Å². The first-order chi connectivity index (χ1) is 13.5. The molecule has 3 aromatic carbocycles. The van der Waals surface area contributed by atoms with Crippen molar-refractivity contribution in [3.8, 4) is 0 Å². The molecule has 2 amide bonds. The molecule has 0 aromatic heterocycles. The van der Waals surface area contributed by atoms with Crippen LogP contribution in [0.2, 0.25) is 0 Å². The summed E-state index contributed by atoms with van der Waals surface area (Å²) in [6.07, 6.45) is 0.162. The molecule has 5 nitrogen and oxygen atoms in total. The van der Waals surface area contributed by atoms with E-state index >= 15 is 0 Å². The second kappa shape index (κ2) is 8.95. The summed E-state index contributed by atoms with van der Waals surface area (Å²) in [5.74, 6) is -0.495. The Kier molecular flexibility index (Phi) is 6.17. The van der Waals surface area contributed by atoms with Gasteiger partial charge in [-0.3, -0.25) is 9.59 Å². The van der Waals surface area contributed by atoms with Crippen molar-refractivity contribution in [2.45, 2.75) is 26.7 Å². The number of carbonyl (C=O) groups is 2.